The first-order valence-electron chi connectivity index (χ1n) is 7.67. The molecule has 1 atom stereocenters. The normalized spacial score (nSPS) is 18.5. The summed E-state index contributed by atoms with van der Waals surface area (Å²) in [4.78, 5) is 11.1. The molecule has 3 nitrogen and oxygen atoms in total. The third kappa shape index (κ3) is 2.93. The minimum atomic E-state index is -0.981. The Kier molecular flexibility index (Phi) is 3.85. The maximum atomic E-state index is 11.1. The van der Waals surface area contributed by atoms with Gasteiger partial charge < -0.3 is 10.4 Å². The first-order chi connectivity index (χ1) is 10.8. The number of halogens is 1. The van der Waals surface area contributed by atoms with Crippen LogP contribution in [0.15, 0.2) is 36.4 Å². The summed E-state index contributed by atoms with van der Waals surface area (Å²) in [5.74, 6) is 0. The van der Waals surface area contributed by atoms with E-state index >= 15 is 0 Å². The molecule has 1 aliphatic rings. The van der Waals surface area contributed by atoms with E-state index in [-0.39, 0.29) is 11.5 Å². The van der Waals surface area contributed by atoms with Gasteiger partial charge in [0.15, 0.2) is 0 Å². The van der Waals surface area contributed by atoms with Gasteiger partial charge in [0.25, 0.3) is 0 Å². The van der Waals surface area contributed by atoms with Gasteiger partial charge in [0, 0.05) is 5.02 Å². The topological polar surface area (TPSA) is 49.3 Å². The molecule has 0 radical (unpaired) electrons. The molecule has 2 aromatic rings. The van der Waals surface area contributed by atoms with E-state index in [2.05, 4.69) is 31.3 Å². The number of rotatable bonds is 2. The van der Waals surface area contributed by atoms with Gasteiger partial charge in [0.05, 0.1) is 6.04 Å². The average Bonchev–Trinajstić information content (AvgIpc) is 2.71. The van der Waals surface area contributed by atoms with Crippen LogP contribution in [0.5, 0.6) is 0 Å². The van der Waals surface area contributed by atoms with Gasteiger partial charge >= 0.3 is 6.09 Å². The van der Waals surface area contributed by atoms with E-state index in [0.29, 0.717) is 0 Å². The van der Waals surface area contributed by atoms with Crippen LogP contribution in [0.25, 0.3) is 11.1 Å². The lowest BCUT2D eigenvalue weighted by atomic mass is 9.85. The van der Waals surface area contributed by atoms with E-state index in [1.165, 1.54) is 5.56 Å². The van der Waals surface area contributed by atoms with Gasteiger partial charge in [-0.25, -0.2) is 4.79 Å². The zero-order valence-corrected chi connectivity index (χ0v) is 14.2. The Hall–Kier alpha value is -2.00. The van der Waals surface area contributed by atoms with Crippen LogP contribution in [0.3, 0.4) is 0 Å². The van der Waals surface area contributed by atoms with Gasteiger partial charge in [0.2, 0.25) is 0 Å². The number of carboxylic acid groups (broad SMARTS) is 1. The van der Waals surface area contributed by atoms with Crippen LogP contribution in [0.2, 0.25) is 5.02 Å². The number of carbonyl (C=O) groups is 1. The van der Waals surface area contributed by atoms with Crippen LogP contribution < -0.4 is 5.32 Å². The van der Waals surface area contributed by atoms with Crippen molar-refractivity contribution >= 4 is 17.7 Å². The molecule has 0 bridgehead atoms. The third-order valence-electron chi connectivity index (χ3n) is 4.65. The van der Waals surface area contributed by atoms with E-state index in [1.807, 2.05) is 31.2 Å². The number of hydrogen-bond acceptors (Lipinski definition) is 1. The van der Waals surface area contributed by atoms with Crippen molar-refractivity contribution in [2.45, 2.75) is 33.2 Å². The second-order valence-corrected chi connectivity index (χ2v) is 7.33. The molecule has 0 saturated carbocycles. The molecule has 3 rings (SSSR count). The Morgan fingerprint density at radius 1 is 1.22 bits per heavy atom. The number of aryl methyl sites for hydroxylation is 1. The summed E-state index contributed by atoms with van der Waals surface area (Å²) in [5.41, 5.74) is 5.38. The quantitative estimate of drug-likeness (QED) is 0.795. The molecule has 0 aromatic heterocycles. The van der Waals surface area contributed by atoms with Crippen molar-refractivity contribution in [3.8, 4) is 11.1 Å². The summed E-state index contributed by atoms with van der Waals surface area (Å²) in [5, 5.41) is 12.5. The molecule has 0 aliphatic heterocycles. The van der Waals surface area contributed by atoms with Crippen molar-refractivity contribution in [3.63, 3.8) is 0 Å². The molecular formula is C19H20ClNO2. The SMILES string of the molecule is Cc1ccc(-c2ccc3c(c2)CC(C)(C)C3NC(=O)O)cc1Cl. The summed E-state index contributed by atoms with van der Waals surface area (Å²) in [7, 11) is 0. The molecule has 0 spiro atoms. The fourth-order valence-corrected chi connectivity index (χ4v) is 3.58. The maximum Gasteiger partial charge on any atom is 0.405 e. The third-order valence-corrected chi connectivity index (χ3v) is 5.06. The lowest BCUT2D eigenvalue weighted by Crippen LogP contribution is -2.34. The lowest BCUT2D eigenvalue weighted by Gasteiger charge is -2.27. The molecule has 120 valence electrons. The highest BCUT2D eigenvalue weighted by Crippen LogP contribution is 2.46. The molecule has 2 N–H and O–H groups in total. The maximum absolute atomic E-state index is 11.1. The van der Waals surface area contributed by atoms with Crippen LogP contribution in [-0.2, 0) is 6.42 Å². The van der Waals surface area contributed by atoms with Crippen LogP contribution >= 0.6 is 11.6 Å². The molecular weight excluding hydrogens is 310 g/mol. The molecule has 1 aliphatic carbocycles. The van der Waals surface area contributed by atoms with Crippen molar-refractivity contribution in [3.05, 3.63) is 58.1 Å². The number of amides is 1. The summed E-state index contributed by atoms with van der Waals surface area (Å²) in [6.45, 7) is 6.17. The predicted octanol–water partition coefficient (Wildman–Crippen LogP) is 5.21. The molecule has 4 heteroatoms. The Morgan fingerprint density at radius 3 is 2.52 bits per heavy atom. The summed E-state index contributed by atoms with van der Waals surface area (Å²) >= 11 is 6.23. The average molecular weight is 330 g/mol. The van der Waals surface area contributed by atoms with Crippen molar-refractivity contribution in [1.29, 1.82) is 0 Å². The summed E-state index contributed by atoms with van der Waals surface area (Å²) < 4.78 is 0. The lowest BCUT2D eigenvalue weighted by molar-refractivity contribution is 0.175. The Bertz CT molecular complexity index is 783. The molecule has 1 amide bonds. The number of nitrogens with one attached hydrogen (secondary N) is 1. The smallest absolute Gasteiger partial charge is 0.405 e. The van der Waals surface area contributed by atoms with Gasteiger partial charge in [-0.15, -0.1) is 0 Å². The number of benzene rings is 2. The van der Waals surface area contributed by atoms with E-state index < -0.39 is 6.09 Å². The number of fused-ring (bicyclic) bond motifs is 1. The Labute approximate surface area is 141 Å². The monoisotopic (exact) mass is 329 g/mol. The Balaban J connectivity index is 2.01. The van der Waals surface area contributed by atoms with E-state index in [4.69, 9.17) is 16.7 Å². The minimum absolute atomic E-state index is 0.135. The fraction of sp³-hybridized carbons (Fsp3) is 0.316. The second kappa shape index (κ2) is 5.57. The first kappa shape index (κ1) is 15.9. The van der Waals surface area contributed by atoms with Crippen molar-refractivity contribution in [2.75, 3.05) is 0 Å². The minimum Gasteiger partial charge on any atom is -0.465 e. The van der Waals surface area contributed by atoms with Crippen molar-refractivity contribution in [2.24, 2.45) is 5.41 Å². The van der Waals surface area contributed by atoms with Crippen molar-refractivity contribution in [1.82, 2.24) is 5.32 Å². The predicted molar refractivity (Wildman–Crippen MR) is 93.0 cm³/mol. The van der Waals surface area contributed by atoms with Crippen LogP contribution in [0.4, 0.5) is 4.79 Å². The van der Waals surface area contributed by atoms with E-state index in [1.54, 1.807) is 0 Å². The molecule has 2 aromatic carbocycles. The largest absolute Gasteiger partial charge is 0.465 e. The van der Waals surface area contributed by atoms with Crippen molar-refractivity contribution < 1.29 is 9.90 Å². The molecule has 1 unspecified atom stereocenters. The molecule has 23 heavy (non-hydrogen) atoms. The molecule has 0 heterocycles. The highest BCUT2D eigenvalue weighted by Gasteiger charge is 2.39. The van der Waals surface area contributed by atoms with E-state index in [9.17, 15) is 4.79 Å². The van der Waals surface area contributed by atoms with Crippen LogP contribution in [0.1, 0.15) is 36.6 Å². The van der Waals surface area contributed by atoms with E-state index in [0.717, 1.165) is 33.7 Å². The standard InChI is InChI=1S/C19H20ClNO2/c1-11-4-5-13(9-16(11)20)12-6-7-15-14(8-12)10-19(2,3)17(15)21-18(22)23/h4-9,17,21H,10H2,1-3H3,(H,22,23). The Morgan fingerprint density at radius 2 is 1.87 bits per heavy atom. The second-order valence-electron chi connectivity index (χ2n) is 6.93. The van der Waals surface area contributed by atoms with Gasteiger partial charge in [-0.3, -0.25) is 0 Å². The zero-order chi connectivity index (χ0) is 16.8. The molecule has 0 fully saturated rings. The van der Waals surface area contributed by atoms with Gasteiger partial charge in [0.1, 0.15) is 0 Å². The highest BCUT2D eigenvalue weighted by molar-refractivity contribution is 6.31. The first-order valence-corrected chi connectivity index (χ1v) is 8.04. The number of hydrogen-bond donors (Lipinski definition) is 2. The molecule has 0 saturated heterocycles. The zero-order valence-electron chi connectivity index (χ0n) is 13.5. The van der Waals surface area contributed by atoms with Gasteiger partial charge in [-0.2, -0.15) is 0 Å². The summed E-state index contributed by atoms with van der Waals surface area (Å²) in [6, 6.07) is 12.1. The van der Waals surface area contributed by atoms with Crippen LogP contribution in [-0.4, -0.2) is 11.2 Å². The van der Waals surface area contributed by atoms with Crippen LogP contribution in [0, 0.1) is 12.3 Å². The fourth-order valence-electron chi connectivity index (χ4n) is 3.40. The highest BCUT2D eigenvalue weighted by atomic mass is 35.5. The summed E-state index contributed by atoms with van der Waals surface area (Å²) in [6.07, 6.45) is -0.133. The van der Waals surface area contributed by atoms with Gasteiger partial charge in [-0.05, 0) is 52.6 Å². The van der Waals surface area contributed by atoms with Gasteiger partial charge in [-0.1, -0.05) is 55.8 Å².